The first-order chi connectivity index (χ1) is 23.6. The van der Waals surface area contributed by atoms with Crippen LogP contribution in [0, 0.1) is 18.8 Å². The summed E-state index contributed by atoms with van der Waals surface area (Å²) in [5.74, 6) is 2.83. The maximum Gasteiger partial charge on any atom is 2.00 e. The summed E-state index contributed by atoms with van der Waals surface area (Å²) in [4.78, 5) is 0. The Balaban J connectivity index is -0.00000165. The number of hydrogen-bond donors (Lipinski definition) is 0. The smallest absolute Gasteiger partial charge is 0.343 e. The molecule has 0 aliphatic heterocycles. The Kier molecular flexibility index (Phi) is 57.7. The second kappa shape index (κ2) is 51.6. The zero-order chi connectivity index (χ0) is 35.4. The average molecular weight is 763 g/mol. The summed E-state index contributed by atoms with van der Waals surface area (Å²) < 4.78 is 0. The molecule has 0 N–H and O–H groups in total. The zero-order valence-corrected chi connectivity index (χ0v) is 39.3. The Bertz CT molecular complexity index is 505. The molecule has 0 bridgehead atoms. The van der Waals surface area contributed by atoms with E-state index in [1.54, 1.807) is 0 Å². The van der Waals surface area contributed by atoms with Crippen molar-refractivity contribution in [2.75, 3.05) is 0 Å². The molecule has 0 aliphatic carbocycles. The molecule has 0 aromatic heterocycles. The van der Waals surface area contributed by atoms with Crippen LogP contribution in [0.1, 0.15) is 291 Å². The van der Waals surface area contributed by atoms with E-state index in [1.165, 1.54) is 250 Å². The number of rotatable bonds is 40. The summed E-state index contributed by atoms with van der Waals surface area (Å²) in [6, 6.07) is 0. The van der Waals surface area contributed by atoms with Crippen LogP contribution < -0.4 is 0 Å². The second-order valence-corrected chi connectivity index (χ2v) is 16.3. The summed E-state index contributed by atoms with van der Waals surface area (Å²) in [6.45, 7) is 15.4. The fourth-order valence-electron chi connectivity index (χ4n) is 7.22. The van der Waals surface area contributed by atoms with Crippen LogP contribution in [-0.2, 0) is 0 Å². The van der Waals surface area contributed by atoms with Gasteiger partial charge < -0.3 is 12.8 Å². The van der Waals surface area contributed by atoms with Crippen molar-refractivity contribution in [3.05, 3.63) is 12.8 Å². The summed E-state index contributed by atoms with van der Waals surface area (Å²) in [5, 5.41) is 0. The first kappa shape index (κ1) is 54.8. The van der Waals surface area contributed by atoms with Crippen LogP contribution in [0.3, 0.4) is 0 Å². The van der Waals surface area contributed by atoms with Crippen molar-refractivity contribution in [1.82, 2.24) is 0 Å². The molecular weight excluding hydrogens is 664 g/mol. The van der Waals surface area contributed by atoms with Crippen LogP contribution in [0.4, 0.5) is 0 Å². The first-order valence-corrected chi connectivity index (χ1v) is 23.2. The minimum Gasteiger partial charge on any atom is -0.343 e. The molecule has 0 nitrogen and oxygen atoms in total. The van der Waals surface area contributed by atoms with Gasteiger partial charge >= 0.3 is 45.5 Å². The van der Waals surface area contributed by atoms with Crippen molar-refractivity contribution < 1.29 is 0 Å². The zero-order valence-electron chi connectivity index (χ0n) is 35.8. The number of hydrogen-bond acceptors (Lipinski definition) is 0. The molecular formula is C48H98Sr. The SMILES string of the molecule is CCCCCCCCCC[C-](CCCCCCCCC)CCCCCCCCCCCCCCCC(C)C.[CH2-]CCCCCCCCC.[Sr+2]. The molecule has 0 saturated carbocycles. The Morgan fingerprint density at radius 1 is 0.327 bits per heavy atom. The molecule has 49 heavy (non-hydrogen) atoms. The Morgan fingerprint density at radius 2 is 0.551 bits per heavy atom. The van der Waals surface area contributed by atoms with Gasteiger partial charge in [0.05, 0.1) is 0 Å². The van der Waals surface area contributed by atoms with Gasteiger partial charge in [0.25, 0.3) is 0 Å². The summed E-state index contributed by atoms with van der Waals surface area (Å²) in [7, 11) is 0. The van der Waals surface area contributed by atoms with E-state index in [-0.39, 0.29) is 45.5 Å². The summed E-state index contributed by atoms with van der Waals surface area (Å²) >= 11 is 0. The van der Waals surface area contributed by atoms with Crippen LogP contribution in [-0.4, -0.2) is 45.5 Å². The van der Waals surface area contributed by atoms with E-state index in [9.17, 15) is 0 Å². The fraction of sp³-hybridized carbons (Fsp3) is 0.958. The van der Waals surface area contributed by atoms with Gasteiger partial charge in [0.15, 0.2) is 0 Å². The van der Waals surface area contributed by atoms with Gasteiger partial charge in [-0.15, -0.1) is 0 Å². The van der Waals surface area contributed by atoms with E-state index in [2.05, 4.69) is 41.5 Å². The van der Waals surface area contributed by atoms with E-state index in [0.717, 1.165) is 12.3 Å². The second-order valence-electron chi connectivity index (χ2n) is 16.3. The van der Waals surface area contributed by atoms with Gasteiger partial charge in [-0.25, -0.2) is 0 Å². The van der Waals surface area contributed by atoms with Crippen molar-refractivity contribution in [2.24, 2.45) is 5.92 Å². The van der Waals surface area contributed by atoms with Gasteiger partial charge in [0.1, 0.15) is 0 Å². The summed E-state index contributed by atoms with van der Waals surface area (Å²) in [6.07, 6.45) is 57.7. The minimum atomic E-state index is 0. The Hall–Kier alpha value is 1.48. The predicted octanol–water partition coefficient (Wildman–Crippen LogP) is 18.3. The summed E-state index contributed by atoms with van der Waals surface area (Å²) in [5.41, 5.74) is 0. The van der Waals surface area contributed by atoms with Crippen molar-refractivity contribution in [3.63, 3.8) is 0 Å². The number of unbranched alkanes of at least 4 members (excludes halogenated alkanes) is 32. The Labute approximate surface area is 352 Å². The minimum absolute atomic E-state index is 0. The molecule has 0 aromatic carbocycles. The maximum atomic E-state index is 3.82. The van der Waals surface area contributed by atoms with Crippen LogP contribution in [0.15, 0.2) is 0 Å². The van der Waals surface area contributed by atoms with Crippen molar-refractivity contribution in [2.45, 2.75) is 291 Å². The monoisotopic (exact) mass is 763 g/mol. The average Bonchev–Trinajstić information content (AvgIpc) is 3.08. The van der Waals surface area contributed by atoms with Crippen molar-refractivity contribution in [1.29, 1.82) is 0 Å². The molecule has 0 unspecified atom stereocenters. The molecule has 0 radical (unpaired) electrons. The standard InChI is InChI=1S/C38H77.C10H21.Sr/c1-5-7-9-11-13-23-27-31-35-38(34-30-26-21-12-10-8-6-2)36-32-28-24-20-18-16-14-15-17-19-22-25-29-33-37(3)4;1-3-5-7-9-10-8-6-4-2;/h37H,5-36H2,1-4H3;1,3-10H2,2H3;/q2*-1;+2. The molecule has 1 heteroatoms. The molecule has 0 aromatic rings. The van der Waals surface area contributed by atoms with Crippen LogP contribution in [0.2, 0.25) is 0 Å². The van der Waals surface area contributed by atoms with Gasteiger partial charge in [-0.2, -0.15) is 25.7 Å². The van der Waals surface area contributed by atoms with Gasteiger partial charge in [-0.05, 0) is 5.92 Å². The molecule has 0 saturated heterocycles. The first-order valence-electron chi connectivity index (χ1n) is 23.2. The maximum absolute atomic E-state index is 3.82. The molecule has 0 amide bonds. The van der Waals surface area contributed by atoms with Gasteiger partial charge in [0.2, 0.25) is 0 Å². The van der Waals surface area contributed by atoms with E-state index in [1.807, 2.05) is 5.92 Å². The van der Waals surface area contributed by atoms with Crippen LogP contribution >= 0.6 is 0 Å². The molecule has 0 fully saturated rings. The fourth-order valence-corrected chi connectivity index (χ4v) is 7.22. The van der Waals surface area contributed by atoms with Crippen LogP contribution in [0.25, 0.3) is 0 Å². The molecule has 0 aliphatic rings. The topological polar surface area (TPSA) is 0 Å². The van der Waals surface area contributed by atoms with E-state index in [0.29, 0.717) is 0 Å². The van der Waals surface area contributed by atoms with Gasteiger partial charge in [-0.1, -0.05) is 266 Å². The quantitative estimate of drug-likeness (QED) is 0.0331. The third-order valence-electron chi connectivity index (χ3n) is 10.7. The molecule has 0 spiro atoms. The van der Waals surface area contributed by atoms with Gasteiger partial charge in [-0.3, -0.25) is 0 Å². The normalized spacial score (nSPS) is 11.3. The predicted molar refractivity (Wildman–Crippen MR) is 231 cm³/mol. The largest absolute Gasteiger partial charge is 2.00 e. The molecule has 0 atom stereocenters. The molecule has 0 heterocycles. The van der Waals surface area contributed by atoms with Crippen LogP contribution in [0.5, 0.6) is 0 Å². The van der Waals surface area contributed by atoms with E-state index < -0.39 is 0 Å². The third-order valence-corrected chi connectivity index (χ3v) is 10.7. The van der Waals surface area contributed by atoms with E-state index in [4.69, 9.17) is 0 Å². The van der Waals surface area contributed by atoms with Crippen molar-refractivity contribution >= 4 is 45.5 Å². The molecule has 0 rings (SSSR count). The molecule has 292 valence electrons. The van der Waals surface area contributed by atoms with Gasteiger partial charge in [0, 0.05) is 0 Å². The Morgan fingerprint density at radius 3 is 0.796 bits per heavy atom. The van der Waals surface area contributed by atoms with Crippen molar-refractivity contribution in [3.8, 4) is 0 Å². The van der Waals surface area contributed by atoms with E-state index >= 15 is 0 Å². The third kappa shape index (κ3) is 53.9.